The van der Waals surface area contributed by atoms with Gasteiger partial charge >= 0.3 is 29.6 Å². The van der Waals surface area contributed by atoms with E-state index in [9.17, 15) is 13.2 Å². The van der Waals surface area contributed by atoms with Gasteiger partial charge in [0.15, 0.2) is 11.8 Å². The Bertz CT molecular complexity index is 1110. The third-order valence-corrected chi connectivity index (χ3v) is 7.89. The number of nitrogens with one attached hydrogen (secondary N) is 1. The van der Waals surface area contributed by atoms with Gasteiger partial charge in [-0.05, 0) is 86.2 Å². The van der Waals surface area contributed by atoms with Crippen molar-refractivity contribution in [2.24, 2.45) is 0 Å². The smallest absolute Gasteiger partial charge is 0.423 e. The number of aryl methyl sites for hydroxylation is 3. The maximum atomic E-state index is 13.3. The maximum absolute atomic E-state index is 13.3. The number of nitrogens with zero attached hydrogens (tertiary/aromatic N) is 3. The molecular weight excluding hydrogens is 455 g/mol. The SMILES string of the molecule is Cc1cc(N(C2CCOCC2)S(=O)(=O)[N-]C(=O)Nc2c3c(cc4c2CCC4)CCC3)no1.[Na+]. The molecule has 2 aliphatic carbocycles. The van der Waals surface area contributed by atoms with Gasteiger partial charge in [0.25, 0.3) is 10.2 Å². The minimum atomic E-state index is -4.34. The van der Waals surface area contributed by atoms with Gasteiger partial charge in [0.2, 0.25) is 0 Å². The average Bonchev–Trinajstić information content (AvgIpc) is 3.49. The van der Waals surface area contributed by atoms with Crippen molar-refractivity contribution in [2.45, 2.75) is 64.3 Å². The Morgan fingerprint density at radius 3 is 2.30 bits per heavy atom. The number of anilines is 2. The summed E-state index contributed by atoms with van der Waals surface area (Å²) in [7, 11) is -4.34. The van der Waals surface area contributed by atoms with Crippen molar-refractivity contribution in [3.8, 4) is 0 Å². The van der Waals surface area contributed by atoms with Crippen LogP contribution in [0.25, 0.3) is 4.72 Å². The molecule has 2 heterocycles. The third kappa shape index (κ3) is 4.95. The molecule has 172 valence electrons. The van der Waals surface area contributed by atoms with E-state index in [1.54, 1.807) is 6.92 Å². The number of ether oxygens (including phenoxy) is 1. The Labute approximate surface area is 216 Å². The standard InChI is InChI=1S/C22H28N4O5S.Na/c1-14-12-20(24-31-14)26(17-8-10-30-11-9-17)32(28,29)25-22(27)23-21-18-6-2-4-15(18)13-16-5-3-7-19(16)21;/h12-13,17H,2-11H2,1H3,(H2,23,25,27);/q;+1/p-1. The van der Waals surface area contributed by atoms with Gasteiger partial charge in [-0.15, -0.1) is 0 Å². The largest absolute Gasteiger partial charge is 1.00 e. The van der Waals surface area contributed by atoms with Crippen LogP contribution >= 0.6 is 0 Å². The van der Waals surface area contributed by atoms with Crippen molar-refractivity contribution in [1.82, 2.24) is 5.16 Å². The van der Waals surface area contributed by atoms with Crippen LogP contribution in [0.3, 0.4) is 0 Å². The van der Waals surface area contributed by atoms with Crippen LogP contribution in [0.5, 0.6) is 0 Å². The van der Waals surface area contributed by atoms with Crippen LogP contribution in [0, 0.1) is 6.92 Å². The van der Waals surface area contributed by atoms with Crippen LogP contribution in [0.2, 0.25) is 0 Å². The molecule has 0 spiro atoms. The molecule has 3 aliphatic rings. The van der Waals surface area contributed by atoms with Gasteiger partial charge in [-0.25, -0.2) is 12.7 Å². The molecule has 1 aliphatic heterocycles. The van der Waals surface area contributed by atoms with Crippen molar-refractivity contribution in [1.29, 1.82) is 0 Å². The molecule has 1 aromatic heterocycles. The molecule has 0 saturated carbocycles. The van der Waals surface area contributed by atoms with E-state index in [0.717, 1.165) is 59.6 Å². The van der Waals surface area contributed by atoms with E-state index in [4.69, 9.17) is 9.26 Å². The number of hydrogen-bond acceptors (Lipinski definition) is 6. The van der Waals surface area contributed by atoms with Gasteiger partial charge in [-0.3, -0.25) is 4.79 Å². The van der Waals surface area contributed by atoms with Crippen LogP contribution in [-0.2, 0) is 40.6 Å². The van der Waals surface area contributed by atoms with Crippen molar-refractivity contribution < 1.29 is 52.0 Å². The minimum absolute atomic E-state index is 0. The Balaban J connectivity index is 0.00000259. The van der Waals surface area contributed by atoms with Crippen LogP contribution < -0.4 is 39.2 Å². The summed E-state index contributed by atoms with van der Waals surface area (Å²) in [4.78, 5) is 12.9. The number of amides is 2. The number of carbonyl (C=O) groups excluding carboxylic acids is 1. The number of urea groups is 1. The van der Waals surface area contributed by atoms with Crippen molar-refractivity contribution in [2.75, 3.05) is 22.8 Å². The van der Waals surface area contributed by atoms with Crippen molar-refractivity contribution in [3.63, 3.8) is 0 Å². The number of fused-ring (bicyclic) bond motifs is 2. The number of rotatable bonds is 5. The zero-order valence-corrected chi connectivity index (χ0v) is 21.9. The fraction of sp³-hybridized carbons (Fsp3) is 0.545. The van der Waals surface area contributed by atoms with E-state index < -0.39 is 22.3 Å². The first-order valence-electron chi connectivity index (χ1n) is 11.2. The summed E-state index contributed by atoms with van der Waals surface area (Å²) in [5, 5.41) is 6.72. The second-order valence-electron chi connectivity index (χ2n) is 8.67. The molecule has 2 amide bonds. The summed E-state index contributed by atoms with van der Waals surface area (Å²) < 4.78 is 41.8. The molecule has 0 radical (unpaired) electrons. The number of hydrogen-bond donors (Lipinski definition) is 1. The number of benzene rings is 1. The summed E-state index contributed by atoms with van der Waals surface area (Å²) >= 11 is 0. The molecule has 11 heteroatoms. The Kier molecular flexibility index (Phi) is 7.40. The van der Waals surface area contributed by atoms with E-state index in [1.807, 2.05) is 0 Å². The first-order valence-corrected chi connectivity index (χ1v) is 12.6. The first kappa shape index (κ1) is 24.5. The molecule has 1 fully saturated rings. The van der Waals surface area contributed by atoms with E-state index in [1.165, 1.54) is 17.2 Å². The van der Waals surface area contributed by atoms with E-state index in [-0.39, 0.29) is 35.4 Å². The predicted molar refractivity (Wildman–Crippen MR) is 119 cm³/mol. The summed E-state index contributed by atoms with van der Waals surface area (Å²) in [6.45, 7) is 2.55. The fourth-order valence-corrected chi connectivity index (χ4v) is 6.37. The Morgan fingerprint density at radius 1 is 1.09 bits per heavy atom. The Morgan fingerprint density at radius 2 is 1.73 bits per heavy atom. The summed E-state index contributed by atoms with van der Waals surface area (Å²) in [5.74, 6) is 0.611. The zero-order valence-electron chi connectivity index (χ0n) is 19.1. The molecule has 5 rings (SSSR count). The van der Waals surface area contributed by atoms with Gasteiger partial charge in [-0.1, -0.05) is 11.2 Å². The predicted octanol–water partition coefficient (Wildman–Crippen LogP) is 0.800. The molecule has 0 unspecified atom stereocenters. The van der Waals surface area contributed by atoms with E-state index in [2.05, 4.69) is 21.3 Å². The van der Waals surface area contributed by atoms with E-state index in [0.29, 0.717) is 31.8 Å². The van der Waals surface area contributed by atoms with E-state index >= 15 is 0 Å². The van der Waals surface area contributed by atoms with Crippen LogP contribution in [0.4, 0.5) is 16.3 Å². The number of carbonyl (C=O) groups is 1. The second-order valence-corrected chi connectivity index (χ2v) is 10.1. The van der Waals surface area contributed by atoms with Crippen LogP contribution in [0.15, 0.2) is 16.7 Å². The summed E-state index contributed by atoms with van der Waals surface area (Å²) in [6, 6.07) is 2.52. The van der Waals surface area contributed by atoms with Crippen molar-refractivity contribution >= 4 is 27.7 Å². The summed E-state index contributed by atoms with van der Waals surface area (Å²) in [6.07, 6.45) is 6.81. The van der Waals surface area contributed by atoms with Gasteiger partial charge in [0.05, 0.1) is 6.04 Å². The van der Waals surface area contributed by atoms with Crippen LogP contribution in [0.1, 0.15) is 53.7 Å². The molecule has 0 atom stereocenters. The zero-order chi connectivity index (χ0) is 22.3. The normalized spacial score (nSPS) is 17.7. The molecule has 0 bridgehead atoms. The first-order chi connectivity index (χ1) is 15.4. The quantitative estimate of drug-likeness (QED) is 0.631. The second kappa shape index (κ2) is 9.95. The van der Waals surface area contributed by atoms with Gasteiger partial charge in [0.1, 0.15) is 5.76 Å². The van der Waals surface area contributed by atoms with Crippen molar-refractivity contribution in [3.05, 3.63) is 44.9 Å². The molecular formula is C22H27N4NaO5S. The van der Waals surface area contributed by atoms with Gasteiger partial charge in [0, 0.05) is 19.3 Å². The third-order valence-electron chi connectivity index (χ3n) is 6.52. The molecule has 9 nitrogen and oxygen atoms in total. The molecule has 1 aromatic carbocycles. The maximum Gasteiger partial charge on any atom is 1.00 e. The molecule has 1 N–H and O–H groups in total. The topological polar surface area (TPSA) is 116 Å². The van der Waals surface area contributed by atoms with Gasteiger partial charge < -0.3 is 19.3 Å². The average molecular weight is 483 g/mol. The van der Waals surface area contributed by atoms with Gasteiger partial charge in [-0.2, -0.15) is 0 Å². The molecule has 33 heavy (non-hydrogen) atoms. The molecule has 2 aromatic rings. The Hall–Kier alpha value is -1.59. The monoisotopic (exact) mass is 482 g/mol. The minimum Gasteiger partial charge on any atom is -0.423 e. The fourth-order valence-electron chi connectivity index (χ4n) is 5.12. The number of aromatic nitrogens is 1. The van der Waals surface area contributed by atoms with Crippen LogP contribution in [-0.4, -0.2) is 38.9 Å². The molecule has 1 saturated heterocycles. The summed E-state index contributed by atoms with van der Waals surface area (Å²) in [5.41, 5.74) is 5.53.